The molecule has 0 saturated carbocycles. The van der Waals surface area contributed by atoms with E-state index in [1.807, 2.05) is 41.3 Å². The van der Waals surface area contributed by atoms with Crippen molar-refractivity contribution in [1.29, 1.82) is 0 Å². The van der Waals surface area contributed by atoms with E-state index in [1.54, 1.807) is 0 Å². The minimum atomic E-state index is -0.222. The summed E-state index contributed by atoms with van der Waals surface area (Å²) >= 11 is 0. The topological polar surface area (TPSA) is 23.6 Å². The molecule has 2 heterocycles. The van der Waals surface area contributed by atoms with Gasteiger partial charge in [-0.3, -0.25) is 9.69 Å². The maximum Gasteiger partial charge on any atom is 0.234 e. The third kappa shape index (κ3) is 3.58. The van der Waals surface area contributed by atoms with E-state index in [2.05, 4.69) is 53.4 Å². The molecule has 1 fully saturated rings. The molecule has 146 valence electrons. The van der Waals surface area contributed by atoms with E-state index in [0.29, 0.717) is 6.04 Å². The van der Waals surface area contributed by atoms with Gasteiger partial charge < -0.3 is 4.90 Å². The SMILES string of the molecule is O=C(C(c1ccccc1)c1ccccc1)N1CC(N2CCc3ccccc3C2)C1. The van der Waals surface area contributed by atoms with Crippen molar-refractivity contribution in [3.05, 3.63) is 107 Å². The highest BCUT2D eigenvalue weighted by Gasteiger charge is 2.39. The molecule has 3 aromatic carbocycles. The van der Waals surface area contributed by atoms with Crippen LogP contribution in [0, 0.1) is 0 Å². The number of carbonyl (C=O) groups is 1. The fourth-order valence-electron chi connectivity index (χ4n) is 4.65. The molecule has 2 aliphatic rings. The Hall–Kier alpha value is -2.91. The standard InChI is InChI=1S/C26H26N2O/c29-26(25(21-10-3-1-4-11-21)22-12-5-2-6-13-22)28-18-24(19-28)27-16-15-20-9-7-8-14-23(20)17-27/h1-14,24-25H,15-19H2. The summed E-state index contributed by atoms with van der Waals surface area (Å²) in [6.45, 7) is 3.75. The number of likely N-dealkylation sites (tertiary alicyclic amines) is 1. The largest absolute Gasteiger partial charge is 0.339 e. The first-order chi connectivity index (χ1) is 14.3. The van der Waals surface area contributed by atoms with Crippen LogP contribution in [0.1, 0.15) is 28.2 Å². The van der Waals surface area contributed by atoms with E-state index in [1.165, 1.54) is 11.1 Å². The summed E-state index contributed by atoms with van der Waals surface area (Å²) in [5.41, 5.74) is 5.05. The highest BCUT2D eigenvalue weighted by Crippen LogP contribution is 2.31. The van der Waals surface area contributed by atoms with Gasteiger partial charge >= 0.3 is 0 Å². The van der Waals surface area contributed by atoms with E-state index in [4.69, 9.17) is 0 Å². The number of hydrogen-bond acceptors (Lipinski definition) is 2. The Kier molecular flexibility index (Phi) is 4.91. The highest BCUT2D eigenvalue weighted by atomic mass is 16.2. The van der Waals surface area contributed by atoms with Gasteiger partial charge in [0.2, 0.25) is 5.91 Å². The molecule has 0 aromatic heterocycles. The number of hydrogen-bond donors (Lipinski definition) is 0. The van der Waals surface area contributed by atoms with Crippen LogP contribution >= 0.6 is 0 Å². The zero-order valence-corrected chi connectivity index (χ0v) is 16.6. The van der Waals surface area contributed by atoms with Crippen LogP contribution in [0.3, 0.4) is 0 Å². The molecule has 3 nitrogen and oxygen atoms in total. The van der Waals surface area contributed by atoms with Gasteiger partial charge in [0.05, 0.1) is 5.92 Å². The lowest BCUT2D eigenvalue weighted by molar-refractivity contribution is -0.139. The van der Waals surface area contributed by atoms with E-state index in [-0.39, 0.29) is 11.8 Å². The Bertz CT molecular complexity index is 940. The molecule has 1 amide bonds. The quantitative estimate of drug-likeness (QED) is 0.679. The maximum absolute atomic E-state index is 13.5. The maximum atomic E-state index is 13.5. The third-order valence-corrected chi connectivity index (χ3v) is 6.36. The number of fused-ring (bicyclic) bond motifs is 1. The fraction of sp³-hybridized carbons (Fsp3) is 0.269. The predicted molar refractivity (Wildman–Crippen MR) is 116 cm³/mol. The van der Waals surface area contributed by atoms with Crippen molar-refractivity contribution in [2.45, 2.75) is 24.9 Å². The Morgan fingerprint density at radius 2 is 1.31 bits per heavy atom. The van der Waals surface area contributed by atoms with Crippen molar-refractivity contribution in [2.75, 3.05) is 19.6 Å². The van der Waals surface area contributed by atoms with Crippen molar-refractivity contribution in [2.24, 2.45) is 0 Å². The first-order valence-corrected chi connectivity index (χ1v) is 10.5. The molecular weight excluding hydrogens is 356 g/mol. The Morgan fingerprint density at radius 1 is 0.759 bits per heavy atom. The van der Waals surface area contributed by atoms with E-state index in [9.17, 15) is 4.79 Å². The van der Waals surface area contributed by atoms with Crippen LogP contribution in [0.5, 0.6) is 0 Å². The number of amides is 1. The van der Waals surface area contributed by atoms with Crippen LogP contribution in [0.15, 0.2) is 84.9 Å². The summed E-state index contributed by atoms with van der Waals surface area (Å²) in [5, 5.41) is 0. The van der Waals surface area contributed by atoms with Gasteiger partial charge in [-0.2, -0.15) is 0 Å². The second-order valence-electron chi connectivity index (χ2n) is 8.14. The van der Waals surface area contributed by atoms with Gasteiger partial charge in [-0.1, -0.05) is 84.9 Å². The first kappa shape index (κ1) is 18.1. The Labute approximate surface area is 172 Å². The molecule has 3 aromatic rings. The van der Waals surface area contributed by atoms with Crippen molar-refractivity contribution < 1.29 is 4.79 Å². The summed E-state index contributed by atoms with van der Waals surface area (Å²) in [4.78, 5) is 18.0. The van der Waals surface area contributed by atoms with Crippen LogP contribution in [0.25, 0.3) is 0 Å². The second kappa shape index (κ2) is 7.84. The molecule has 3 heteroatoms. The molecule has 0 unspecified atom stereocenters. The summed E-state index contributed by atoms with van der Waals surface area (Å²) in [6.07, 6.45) is 1.11. The smallest absolute Gasteiger partial charge is 0.234 e. The fourth-order valence-corrected chi connectivity index (χ4v) is 4.65. The van der Waals surface area contributed by atoms with Crippen LogP contribution in [-0.2, 0) is 17.8 Å². The van der Waals surface area contributed by atoms with Crippen molar-refractivity contribution in [3.8, 4) is 0 Å². The zero-order chi connectivity index (χ0) is 19.6. The number of rotatable bonds is 4. The summed E-state index contributed by atoms with van der Waals surface area (Å²) in [6, 6.07) is 29.5. The number of nitrogens with zero attached hydrogens (tertiary/aromatic N) is 2. The van der Waals surface area contributed by atoms with Crippen molar-refractivity contribution in [3.63, 3.8) is 0 Å². The molecule has 0 N–H and O–H groups in total. The normalized spacial score (nSPS) is 17.1. The van der Waals surface area contributed by atoms with Gasteiger partial charge in [-0.05, 0) is 28.7 Å². The lowest BCUT2D eigenvalue weighted by Gasteiger charge is -2.47. The predicted octanol–water partition coefficient (Wildman–Crippen LogP) is 4.09. The molecule has 0 atom stereocenters. The van der Waals surface area contributed by atoms with Gasteiger partial charge in [0.25, 0.3) is 0 Å². The zero-order valence-electron chi connectivity index (χ0n) is 16.6. The van der Waals surface area contributed by atoms with Crippen LogP contribution < -0.4 is 0 Å². The van der Waals surface area contributed by atoms with Crippen LogP contribution in [0.4, 0.5) is 0 Å². The Balaban J connectivity index is 1.30. The van der Waals surface area contributed by atoms with Gasteiger partial charge in [0.1, 0.15) is 0 Å². The summed E-state index contributed by atoms with van der Waals surface area (Å²) < 4.78 is 0. The molecule has 0 aliphatic carbocycles. The van der Waals surface area contributed by atoms with E-state index >= 15 is 0 Å². The first-order valence-electron chi connectivity index (χ1n) is 10.5. The molecule has 1 saturated heterocycles. The van der Waals surface area contributed by atoms with E-state index < -0.39 is 0 Å². The number of benzene rings is 3. The van der Waals surface area contributed by atoms with Crippen LogP contribution in [0.2, 0.25) is 0 Å². The van der Waals surface area contributed by atoms with Gasteiger partial charge in [-0.15, -0.1) is 0 Å². The molecule has 5 rings (SSSR count). The van der Waals surface area contributed by atoms with E-state index in [0.717, 1.165) is 43.7 Å². The van der Waals surface area contributed by atoms with Gasteiger partial charge in [0, 0.05) is 32.2 Å². The molecule has 29 heavy (non-hydrogen) atoms. The molecular formula is C26H26N2O. The minimum absolute atomic E-state index is 0.219. The van der Waals surface area contributed by atoms with Crippen molar-refractivity contribution >= 4 is 5.91 Å². The Morgan fingerprint density at radius 3 is 1.93 bits per heavy atom. The molecule has 2 aliphatic heterocycles. The average molecular weight is 383 g/mol. The van der Waals surface area contributed by atoms with Crippen molar-refractivity contribution in [1.82, 2.24) is 9.80 Å². The third-order valence-electron chi connectivity index (χ3n) is 6.36. The van der Waals surface area contributed by atoms with Gasteiger partial charge in [-0.25, -0.2) is 0 Å². The lowest BCUT2D eigenvalue weighted by atomic mass is 9.88. The molecule has 0 bridgehead atoms. The summed E-state index contributed by atoms with van der Waals surface area (Å²) in [7, 11) is 0. The molecule has 0 spiro atoms. The summed E-state index contributed by atoms with van der Waals surface area (Å²) in [5.74, 6) is -0.00325. The number of carbonyl (C=O) groups excluding carboxylic acids is 1. The average Bonchev–Trinajstić information content (AvgIpc) is 2.74. The lowest BCUT2D eigenvalue weighted by Crippen LogP contribution is -2.62. The van der Waals surface area contributed by atoms with Gasteiger partial charge in [0.15, 0.2) is 0 Å². The molecule has 0 radical (unpaired) electrons. The second-order valence-corrected chi connectivity index (χ2v) is 8.14. The monoisotopic (exact) mass is 382 g/mol. The highest BCUT2D eigenvalue weighted by molar-refractivity contribution is 5.88. The minimum Gasteiger partial charge on any atom is -0.339 e. The van der Waals surface area contributed by atoms with Crippen LogP contribution in [-0.4, -0.2) is 41.4 Å².